The molecule has 0 aromatic rings. The number of allylic oxidation sites excluding steroid dienone is 3. The van der Waals surface area contributed by atoms with Gasteiger partial charge in [-0.15, -0.1) is 0 Å². The Balaban J connectivity index is 2.74. The topological polar surface area (TPSA) is 103 Å². The molecule has 6 nitrogen and oxygen atoms in total. The van der Waals surface area contributed by atoms with E-state index >= 15 is 0 Å². The molecular weight excluding hydrogens is 282 g/mol. The lowest BCUT2D eigenvalue weighted by Gasteiger charge is -2.30. The maximum Gasteiger partial charge on any atom is 0.337 e. The van der Waals surface area contributed by atoms with E-state index < -0.39 is 11.9 Å². The Morgan fingerprint density at radius 1 is 1.41 bits per heavy atom. The number of hydrogen-bond acceptors (Lipinski definition) is 4. The first-order valence-electron chi connectivity index (χ1n) is 6.62. The molecule has 0 bridgehead atoms. The molecule has 0 aromatic carbocycles. The Morgan fingerprint density at radius 2 is 2.09 bits per heavy atom. The highest BCUT2D eigenvalue weighted by Crippen LogP contribution is 2.33. The zero-order chi connectivity index (χ0) is 16.5. The van der Waals surface area contributed by atoms with Crippen molar-refractivity contribution in [3.8, 4) is 6.07 Å². The molecule has 0 radical (unpaired) electrons. The molecule has 2 rings (SSSR count). The molecule has 2 aliphatic rings. The quantitative estimate of drug-likeness (QED) is 0.719. The molecule has 0 spiro atoms. The van der Waals surface area contributed by atoms with Crippen molar-refractivity contribution in [1.29, 1.82) is 5.26 Å². The van der Waals surface area contributed by atoms with Crippen LogP contribution in [0.5, 0.6) is 0 Å². The third kappa shape index (κ3) is 2.74. The lowest BCUT2D eigenvalue weighted by atomic mass is 9.86. The molecule has 0 fully saturated rings. The minimum absolute atomic E-state index is 0.0781. The first-order valence-corrected chi connectivity index (χ1v) is 6.62. The van der Waals surface area contributed by atoms with Crippen LogP contribution in [-0.2, 0) is 9.59 Å². The summed E-state index contributed by atoms with van der Waals surface area (Å²) in [6.45, 7) is 5.71. The number of aliphatic carboxylic acids is 1. The highest BCUT2D eigenvalue weighted by Gasteiger charge is 2.30. The fourth-order valence-corrected chi connectivity index (χ4v) is 2.06. The summed E-state index contributed by atoms with van der Waals surface area (Å²) in [6, 6.07) is 1.87. The van der Waals surface area contributed by atoms with Gasteiger partial charge in [-0.3, -0.25) is 4.79 Å². The number of hydrogen-bond donors (Lipinski definition) is 2. The Bertz CT molecular complexity index is 750. The van der Waals surface area contributed by atoms with Crippen molar-refractivity contribution in [2.45, 2.75) is 20.8 Å². The maximum atomic E-state index is 11.9. The molecule has 112 valence electrons. The van der Waals surface area contributed by atoms with Crippen LogP contribution in [0.1, 0.15) is 20.8 Å². The highest BCUT2D eigenvalue weighted by atomic mass is 16.4. The monoisotopic (exact) mass is 297 g/mol. The zero-order valence-electron chi connectivity index (χ0n) is 12.5. The van der Waals surface area contributed by atoms with Crippen LogP contribution in [0.25, 0.3) is 0 Å². The van der Waals surface area contributed by atoms with Crippen LogP contribution >= 0.6 is 0 Å². The summed E-state index contributed by atoms with van der Waals surface area (Å²) >= 11 is 0. The molecule has 2 N–H and O–H groups in total. The summed E-state index contributed by atoms with van der Waals surface area (Å²) in [7, 11) is 0. The van der Waals surface area contributed by atoms with Crippen molar-refractivity contribution in [1.82, 2.24) is 5.32 Å². The SMILES string of the molecule is CC(C)(C)C1=CC(C(=O)O)=C(C#N)C(=C2C=CC=NC2=O)N1. The van der Waals surface area contributed by atoms with Crippen molar-refractivity contribution in [2.24, 2.45) is 10.4 Å². The molecule has 2 aliphatic heterocycles. The van der Waals surface area contributed by atoms with Gasteiger partial charge in [0.1, 0.15) is 6.07 Å². The lowest BCUT2D eigenvalue weighted by molar-refractivity contribution is -0.132. The summed E-state index contributed by atoms with van der Waals surface area (Å²) < 4.78 is 0. The molecular formula is C16H15N3O3. The maximum absolute atomic E-state index is 11.9. The third-order valence-electron chi connectivity index (χ3n) is 3.26. The molecule has 0 saturated heterocycles. The number of nitriles is 1. The van der Waals surface area contributed by atoms with E-state index in [-0.39, 0.29) is 27.8 Å². The Kier molecular flexibility index (Phi) is 3.83. The normalized spacial score (nSPS) is 21.4. The summed E-state index contributed by atoms with van der Waals surface area (Å²) in [5.41, 5.74) is 0.383. The van der Waals surface area contributed by atoms with Gasteiger partial charge < -0.3 is 10.4 Å². The number of aliphatic imine (C=N–C) groups is 1. The van der Waals surface area contributed by atoms with Crippen LogP contribution in [-0.4, -0.2) is 23.2 Å². The Morgan fingerprint density at radius 3 is 2.59 bits per heavy atom. The molecule has 0 aliphatic carbocycles. The first kappa shape index (κ1) is 15.4. The van der Waals surface area contributed by atoms with Crippen molar-refractivity contribution in [2.75, 3.05) is 0 Å². The third-order valence-corrected chi connectivity index (χ3v) is 3.26. The van der Waals surface area contributed by atoms with Crippen LogP contribution in [0.4, 0.5) is 0 Å². The molecule has 1 amide bonds. The van der Waals surface area contributed by atoms with Gasteiger partial charge in [-0.1, -0.05) is 20.8 Å². The van der Waals surface area contributed by atoms with Gasteiger partial charge in [0.15, 0.2) is 0 Å². The average Bonchev–Trinajstić information content (AvgIpc) is 2.45. The van der Waals surface area contributed by atoms with Crippen molar-refractivity contribution < 1.29 is 14.7 Å². The molecule has 0 atom stereocenters. The minimum Gasteiger partial charge on any atom is -0.478 e. The van der Waals surface area contributed by atoms with Crippen LogP contribution in [0.2, 0.25) is 0 Å². The summed E-state index contributed by atoms with van der Waals surface area (Å²) in [5.74, 6) is -1.73. The van der Waals surface area contributed by atoms with Crippen LogP contribution in [0.3, 0.4) is 0 Å². The number of rotatable bonds is 1. The predicted octanol–water partition coefficient (Wildman–Crippen LogP) is 1.85. The smallest absolute Gasteiger partial charge is 0.337 e. The van der Waals surface area contributed by atoms with E-state index in [0.29, 0.717) is 5.70 Å². The lowest BCUT2D eigenvalue weighted by Crippen LogP contribution is -2.31. The number of nitrogens with one attached hydrogen (secondary N) is 1. The standard InChI is InChI=1S/C16H15N3O3/c1-16(2,3)12-7-10(15(21)22)11(8-17)13(19-12)9-5-4-6-18-14(9)20/h4-7,19H,1-3H3,(H,21,22). The van der Waals surface area contributed by atoms with E-state index in [1.54, 1.807) is 6.08 Å². The first-order chi connectivity index (χ1) is 10.3. The van der Waals surface area contributed by atoms with Crippen molar-refractivity contribution >= 4 is 18.1 Å². The largest absolute Gasteiger partial charge is 0.478 e. The van der Waals surface area contributed by atoms with Gasteiger partial charge in [-0.25, -0.2) is 9.79 Å². The minimum atomic E-state index is -1.21. The number of carbonyl (C=O) groups is 2. The van der Waals surface area contributed by atoms with Crippen LogP contribution in [0, 0.1) is 16.7 Å². The summed E-state index contributed by atoms with van der Waals surface area (Å²) in [4.78, 5) is 27.1. The predicted molar refractivity (Wildman–Crippen MR) is 80.6 cm³/mol. The van der Waals surface area contributed by atoms with Crippen molar-refractivity contribution in [3.05, 3.63) is 46.3 Å². The van der Waals surface area contributed by atoms with Crippen molar-refractivity contribution in [3.63, 3.8) is 0 Å². The molecule has 2 heterocycles. The number of carbonyl (C=O) groups excluding carboxylic acids is 1. The molecule has 0 unspecified atom stereocenters. The molecule has 22 heavy (non-hydrogen) atoms. The Labute approximate surface area is 127 Å². The van der Waals surface area contributed by atoms with Gasteiger partial charge in [0.25, 0.3) is 5.91 Å². The van der Waals surface area contributed by atoms with E-state index in [4.69, 9.17) is 0 Å². The van der Waals surface area contributed by atoms with Crippen LogP contribution < -0.4 is 5.32 Å². The van der Waals surface area contributed by atoms with E-state index in [9.17, 15) is 20.0 Å². The van der Waals surface area contributed by atoms with Gasteiger partial charge in [0.2, 0.25) is 0 Å². The van der Waals surface area contributed by atoms with Gasteiger partial charge >= 0.3 is 5.97 Å². The summed E-state index contributed by atoms with van der Waals surface area (Å²) in [6.07, 6.45) is 5.87. The van der Waals surface area contributed by atoms with Crippen LogP contribution in [0.15, 0.2) is 51.3 Å². The van der Waals surface area contributed by atoms with E-state index in [1.165, 1.54) is 18.4 Å². The second-order valence-corrected chi connectivity index (χ2v) is 5.87. The highest BCUT2D eigenvalue weighted by molar-refractivity contribution is 6.07. The van der Waals surface area contributed by atoms with Gasteiger partial charge in [0, 0.05) is 17.3 Å². The second-order valence-electron chi connectivity index (χ2n) is 5.87. The number of carboxylic acids is 1. The zero-order valence-corrected chi connectivity index (χ0v) is 12.5. The molecule has 0 saturated carbocycles. The number of amides is 1. The number of nitrogens with zero attached hydrogens (tertiary/aromatic N) is 2. The fraction of sp³-hybridized carbons (Fsp3) is 0.250. The molecule has 0 aromatic heterocycles. The second kappa shape index (κ2) is 5.45. The average molecular weight is 297 g/mol. The summed E-state index contributed by atoms with van der Waals surface area (Å²) in [5, 5.41) is 21.7. The molecule has 6 heteroatoms. The van der Waals surface area contributed by atoms with E-state index in [0.717, 1.165) is 0 Å². The van der Waals surface area contributed by atoms with E-state index in [1.807, 2.05) is 26.8 Å². The van der Waals surface area contributed by atoms with Gasteiger partial charge in [0.05, 0.1) is 22.4 Å². The van der Waals surface area contributed by atoms with Gasteiger partial charge in [-0.2, -0.15) is 5.26 Å². The number of carboxylic acid groups (broad SMARTS) is 1. The number of dihydropyridines is 2. The Hall–Kier alpha value is -2.94. The van der Waals surface area contributed by atoms with Gasteiger partial charge in [-0.05, 0) is 18.2 Å². The fourth-order valence-electron chi connectivity index (χ4n) is 2.06. The van der Waals surface area contributed by atoms with E-state index in [2.05, 4.69) is 10.3 Å².